The Hall–Kier alpha value is -1.96. The van der Waals surface area contributed by atoms with Crippen molar-refractivity contribution >= 4 is 11.9 Å². The number of carbonyl (C=O) groups excluding carboxylic acids is 2. The van der Waals surface area contributed by atoms with Crippen molar-refractivity contribution in [1.82, 2.24) is 20.3 Å². The molecule has 0 aromatic carbocycles. The number of nitrogens with zero attached hydrogens (tertiary/aromatic N) is 3. The van der Waals surface area contributed by atoms with E-state index in [0.29, 0.717) is 31.1 Å². The van der Waals surface area contributed by atoms with Crippen LogP contribution >= 0.6 is 0 Å². The Bertz CT molecular complexity index is 470. The van der Waals surface area contributed by atoms with Gasteiger partial charge in [-0.1, -0.05) is 19.1 Å². The molecule has 20 heavy (non-hydrogen) atoms. The van der Waals surface area contributed by atoms with Gasteiger partial charge in [0.05, 0.1) is 12.8 Å². The third-order valence-corrected chi connectivity index (χ3v) is 2.60. The van der Waals surface area contributed by atoms with Crippen molar-refractivity contribution in [3.8, 4) is 0 Å². The molecule has 0 fully saturated rings. The van der Waals surface area contributed by atoms with Gasteiger partial charge in [0.25, 0.3) is 0 Å². The summed E-state index contributed by atoms with van der Waals surface area (Å²) < 4.78 is 6.01. The molecule has 0 atom stereocenters. The number of methoxy groups -OCH3 is 1. The Morgan fingerprint density at radius 2 is 2.15 bits per heavy atom. The normalized spacial score (nSPS) is 10.7. The molecule has 0 saturated heterocycles. The smallest absolute Gasteiger partial charge is 0.360 e. The maximum atomic E-state index is 11.8. The average Bonchev–Trinajstić information content (AvgIpc) is 2.79. The second-order valence-electron chi connectivity index (χ2n) is 4.77. The average molecular weight is 283 g/mol. The Labute approximate surface area is 117 Å². The molecule has 1 rings (SSSR count). The minimum absolute atomic E-state index is 0.00600. The number of hydrogen-bond donors (Lipinski definition) is 2. The number of nitrogens with two attached hydrogens (primary N) is 1. The molecule has 0 aliphatic carbocycles. The standard InChI is InChI=1S/C12H21N5O3/c1-8(2)6-14-10(18)7-17-9(4-5-13)11(15-16-17)12(19)20-3/h8H,4-7,13H2,1-3H3,(H,14,18). The fraction of sp³-hybridized carbons (Fsp3) is 0.667. The maximum Gasteiger partial charge on any atom is 0.360 e. The van der Waals surface area contributed by atoms with Gasteiger partial charge in [0, 0.05) is 13.0 Å². The van der Waals surface area contributed by atoms with Gasteiger partial charge in [0.1, 0.15) is 6.54 Å². The van der Waals surface area contributed by atoms with Gasteiger partial charge in [-0.15, -0.1) is 5.10 Å². The Balaban J connectivity index is 2.81. The number of nitrogens with one attached hydrogen (secondary N) is 1. The molecule has 1 heterocycles. The molecule has 1 aromatic rings. The summed E-state index contributed by atoms with van der Waals surface area (Å²) in [5.41, 5.74) is 6.13. The zero-order valence-corrected chi connectivity index (χ0v) is 12.0. The molecule has 3 N–H and O–H groups in total. The molecule has 0 radical (unpaired) electrons. The van der Waals surface area contributed by atoms with E-state index >= 15 is 0 Å². The monoisotopic (exact) mass is 283 g/mol. The topological polar surface area (TPSA) is 112 Å². The van der Waals surface area contributed by atoms with Gasteiger partial charge >= 0.3 is 5.97 Å². The lowest BCUT2D eigenvalue weighted by molar-refractivity contribution is -0.122. The van der Waals surface area contributed by atoms with Gasteiger partial charge in [-0.2, -0.15) is 0 Å². The number of aromatic nitrogens is 3. The quantitative estimate of drug-likeness (QED) is 0.642. The van der Waals surface area contributed by atoms with Crippen molar-refractivity contribution in [3.05, 3.63) is 11.4 Å². The number of rotatable bonds is 7. The highest BCUT2D eigenvalue weighted by Gasteiger charge is 2.20. The number of ether oxygens (including phenoxy) is 1. The first-order valence-electron chi connectivity index (χ1n) is 6.47. The van der Waals surface area contributed by atoms with Crippen molar-refractivity contribution in [2.75, 3.05) is 20.2 Å². The van der Waals surface area contributed by atoms with E-state index in [4.69, 9.17) is 5.73 Å². The highest BCUT2D eigenvalue weighted by atomic mass is 16.5. The highest BCUT2D eigenvalue weighted by molar-refractivity contribution is 5.88. The van der Waals surface area contributed by atoms with E-state index in [0.717, 1.165) is 0 Å². The summed E-state index contributed by atoms with van der Waals surface area (Å²) in [4.78, 5) is 23.3. The van der Waals surface area contributed by atoms with E-state index in [2.05, 4.69) is 20.4 Å². The SMILES string of the molecule is COC(=O)c1nnn(CC(=O)NCC(C)C)c1CCN. The van der Waals surface area contributed by atoms with E-state index in [9.17, 15) is 9.59 Å². The molecule has 0 spiro atoms. The van der Waals surface area contributed by atoms with E-state index in [1.54, 1.807) is 0 Å². The minimum atomic E-state index is -0.581. The molecule has 0 unspecified atom stereocenters. The summed E-state index contributed by atoms with van der Waals surface area (Å²) in [5.74, 6) is -0.399. The van der Waals surface area contributed by atoms with Crippen molar-refractivity contribution < 1.29 is 14.3 Å². The predicted octanol–water partition coefficient (Wildman–Crippen LogP) is -0.662. The molecular formula is C12H21N5O3. The van der Waals surface area contributed by atoms with Crippen molar-refractivity contribution in [1.29, 1.82) is 0 Å². The lowest BCUT2D eigenvalue weighted by Gasteiger charge is -2.09. The van der Waals surface area contributed by atoms with Crippen LogP contribution in [0.5, 0.6) is 0 Å². The summed E-state index contributed by atoms with van der Waals surface area (Å²) in [6.07, 6.45) is 0.398. The molecule has 0 bridgehead atoms. The summed E-state index contributed by atoms with van der Waals surface area (Å²) >= 11 is 0. The maximum absolute atomic E-state index is 11.8. The molecule has 0 aliphatic rings. The van der Waals surface area contributed by atoms with Gasteiger partial charge in [-0.25, -0.2) is 9.48 Å². The van der Waals surface area contributed by atoms with Crippen LogP contribution in [0.4, 0.5) is 0 Å². The Kier molecular flexibility index (Phi) is 6.10. The van der Waals surface area contributed by atoms with Crippen LogP contribution in [0.3, 0.4) is 0 Å². The van der Waals surface area contributed by atoms with Crippen LogP contribution in [-0.4, -0.2) is 47.1 Å². The van der Waals surface area contributed by atoms with Crippen LogP contribution in [-0.2, 0) is 22.5 Å². The van der Waals surface area contributed by atoms with E-state index in [-0.39, 0.29) is 18.1 Å². The first-order valence-corrected chi connectivity index (χ1v) is 6.47. The highest BCUT2D eigenvalue weighted by Crippen LogP contribution is 2.07. The van der Waals surface area contributed by atoms with Crippen LogP contribution in [0.1, 0.15) is 30.0 Å². The van der Waals surface area contributed by atoms with Crippen LogP contribution in [0.15, 0.2) is 0 Å². The number of amides is 1. The zero-order chi connectivity index (χ0) is 15.1. The summed E-state index contributed by atoms with van der Waals surface area (Å²) in [7, 11) is 1.27. The van der Waals surface area contributed by atoms with Crippen LogP contribution in [0, 0.1) is 5.92 Å². The second kappa shape index (κ2) is 7.59. The second-order valence-corrected chi connectivity index (χ2v) is 4.77. The van der Waals surface area contributed by atoms with Crippen LogP contribution < -0.4 is 11.1 Å². The third-order valence-electron chi connectivity index (χ3n) is 2.60. The number of carbonyl (C=O) groups is 2. The van der Waals surface area contributed by atoms with Crippen LogP contribution in [0.2, 0.25) is 0 Å². The third kappa shape index (κ3) is 4.30. The Morgan fingerprint density at radius 1 is 1.45 bits per heavy atom. The van der Waals surface area contributed by atoms with E-state index in [1.165, 1.54) is 11.8 Å². The molecule has 1 amide bonds. The van der Waals surface area contributed by atoms with Gasteiger partial charge < -0.3 is 15.8 Å². The van der Waals surface area contributed by atoms with Crippen molar-refractivity contribution in [3.63, 3.8) is 0 Å². The first kappa shape index (κ1) is 16.1. The predicted molar refractivity (Wildman–Crippen MR) is 72.0 cm³/mol. The molecule has 0 aliphatic heterocycles. The lowest BCUT2D eigenvalue weighted by atomic mass is 10.2. The fourth-order valence-electron chi connectivity index (χ4n) is 1.61. The van der Waals surface area contributed by atoms with Gasteiger partial charge in [0.2, 0.25) is 5.91 Å². The summed E-state index contributed by atoms with van der Waals surface area (Å²) in [6.45, 7) is 4.93. The van der Waals surface area contributed by atoms with Crippen molar-refractivity contribution in [2.24, 2.45) is 11.7 Å². The van der Waals surface area contributed by atoms with Crippen molar-refractivity contribution in [2.45, 2.75) is 26.8 Å². The number of esters is 1. The molecular weight excluding hydrogens is 262 g/mol. The zero-order valence-electron chi connectivity index (χ0n) is 12.0. The summed E-state index contributed by atoms with van der Waals surface area (Å²) in [5, 5.41) is 10.4. The van der Waals surface area contributed by atoms with E-state index < -0.39 is 5.97 Å². The minimum Gasteiger partial charge on any atom is -0.464 e. The largest absolute Gasteiger partial charge is 0.464 e. The molecule has 112 valence electrons. The molecule has 8 nitrogen and oxygen atoms in total. The van der Waals surface area contributed by atoms with Gasteiger partial charge in [-0.05, 0) is 12.5 Å². The Morgan fingerprint density at radius 3 is 2.70 bits per heavy atom. The van der Waals surface area contributed by atoms with Gasteiger partial charge in [0.15, 0.2) is 5.69 Å². The lowest BCUT2D eigenvalue weighted by Crippen LogP contribution is -2.31. The van der Waals surface area contributed by atoms with E-state index in [1.807, 2.05) is 13.8 Å². The molecule has 1 aromatic heterocycles. The fourth-order valence-corrected chi connectivity index (χ4v) is 1.61. The van der Waals surface area contributed by atoms with Crippen LogP contribution in [0.25, 0.3) is 0 Å². The molecule has 0 saturated carbocycles. The molecule has 8 heteroatoms. The first-order chi connectivity index (χ1) is 9.49. The summed E-state index contributed by atoms with van der Waals surface area (Å²) in [6, 6.07) is 0. The van der Waals surface area contributed by atoms with Gasteiger partial charge in [-0.3, -0.25) is 4.79 Å². The number of hydrogen-bond acceptors (Lipinski definition) is 6.